The maximum atomic E-state index is 11.7. The van der Waals surface area contributed by atoms with Gasteiger partial charge >= 0.3 is 0 Å². The largest absolute Gasteiger partial charge is 0.314 e. The van der Waals surface area contributed by atoms with Crippen molar-refractivity contribution >= 4 is 10.0 Å². The Balaban J connectivity index is 1.60. The SMILES string of the molecule is O=S(=O)(CCCNC1CC1)NCCc1ccccc1. The van der Waals surface area contributed by atoms with Crippen LogP contribution in [0.5, 0.6) is 0 Å². The maximum Gasteiger partial charge on any atom is 0.211 e. The molecule has 2 N–H and O–H groups in total. The van der Waals surface area contributed by atoms with Gasteiger partial charge in [-0.1, -0.05) is 30.3 Å². The zero-order valence-electron chi connectivity index (χ0n) is 11.1. The molecule has 0 saturated heterocycles. The van der Waals surface area contributed by atoms with Gasteiger partial charge < -0.3 is 5.32 Å². The molecule has 0 amide bonds. The fourth-order valence-corrected chi connectivity index (χ4v) is 3.01. The van der Waals surface area contributed by atoms with E-state index in [0.29, 0.717) is 19.0 Å². The molecule has 1 aromatic rings. The van der Waals surface area contributed by atoms with Crippen molar-refractivity contribution in [1.29, 1.82) is 0 Å². The van der Waals surface area contributed by atoms with E-state index < -0.39 is 10.0 Å². The van der Waals surface area contributed by atoms with Gasteiger partial charge in [0.25, 0.3) is 0 Å². The minimum Gasteiger partial charge on any atom is -0.314 e. The number of hydrogen-bond donors (Lipinski definition) is 2. The van der Waals surface area contributed by atoms with Crippen LogP contribution in [0.3, 0.4) is 0 Å². The molecule has 0 heterocycles. The van der Waals surface area contributed by atoms with Gasteiger partial charge in [0.05, 0.1) is 5.75 Å². The van der Waals surface area contributed by atoms with E-state index in [4.69, 9.17) is 0 Å². The summed E-state index contributed by atoms with van der Waals surface area (Å²) in [5.41, 5.74) is 1.15. The van der Waals surface area contributed by atoms with Crippen molar-refractivity contribution in [2.24, 2.45) is 0 Å². The van der Waals surface area contributed by atoms with Gasteiger partial charge in [0.15, 0.2) is 0 Å². The molecule has 19 heavy (non-hydrogen) atoms. The molecule has 0 radical (unpaired) electrons. The van der Waals surface area contributed by atoms with Gasteiger partial charge in [-0.15, -0.1) is 0 Å². The molecule has 0 atom stereocenters. The van der Waals surface area contributed by atoms with Crippen LogP contribution in [0.25, 0.3) is 0 Å². The third-order valence-corrected chi connectivity index (χ3v) is 4.65. The van der Waals surface area contributed by atoms with Crippen LogP contribution >= 0.6 is 0 Å². The second-order valence-corrected chi connectivity index (χ2v) is 6.96. The predicted octanol–water partition coefficient (Wildman–Crippen LogP) is 1.29. The van der Waals surface area contributed by atoms with Crippen LogP contribution in [0, 0.1) is 0 Å². The van der Waals surface area contributed by atoms with E-state index in [9.17, 15) is 8.42 Å². The zero-order valence-corrected chi connectivity index (χ0v) is 12.0. The van der Waals surface area contributed by atoms with E-state index in [2.05, 4.69) is 10.0 Å². The third-order valence-electron chi connectivity index (χ3n) is 3.18. The molecule has 0 spiro atoms. The van der Waals surface area contributed by atoms with E-state index >= 15 is 0 Å². The normalized spacial score (nSPS) is 15.6. The Bertz CT molecular complexity index is 469. The molecule has 1 aliphatic carbocycles. The van der Waals surface area contributed by atoms with Gasteiger partial charge in [0.1, 0.15) is 0 Å². The summed E-state index contributed by atoms with van der Waals surface area (Å²) in [4.78, 5) is 0. The molecule has 1 saturated carbocycles. The molecule has 106 valence electrons. The summed E-state index contributed by atoms with van der Waals surface area (Å²) in [5, 5.41) is 3.32. The lowest BCUT2D eigenvalue weighted by molar-refractivity contribution is 0.574. The summed E-state index contributed by atoms with van der Waals surface area (Å²) in [6, 6.07) is 10.6. The fraction of sp³-hybridized carbons (Fsp3) is 0.571. The van der Waals surface area contributed by atoms with Gasteiger partial charge in [-0.2, -0.15) is 0 Å². The van der Waals surface area contributed by atoms with Crippen molar-refractivity contribution in [2.75, 3.05) is 18.8 Å². The van der Waals surface area contributed by atoms with Crippen LogP contribution < -0.4 is 10.0 Å². The molecule has 0 unspecified atom stereocenters. The summed E-state index contributed by atoms with van der Waals surface area (Å²) in [6.45, 7) is 1.27. The Hall–Kier alpha value is -0.910. The van der Waals surface area contributed by atoms with Gasteiger partial charge in [-0.3, -0.25) is 0 Å². The Kier molecular flexibility index (Phi) is 5.36. The van der Waals surface area contributed by atoms with Crippen LogP contribution in [0.2, 0.25) is 0 Å². The monoisotopic (exact) mass is 282 g/mol. The average molecular weight is 282 g/mol. The molecule has 1 aliphatic rings. The Labute approximate surface area is 115 Å². The minimum absolute atomic E-state index is 0.210. The molecule has 5 heteroatoms. The minimum atomic E-state index is -3.12. The highest BCUT2D eigenvalue weighted by molar-refractivity contribution is 7.89. The lowest BCUT2D eigenvalue weighted by Crippen LogP contribution is -2.30. The summed E-state index contributed by atoms with van der Waals surface area (Å²) >= 11 is 0. The molecule has 2 rings (SSSR count). The van der Waals surface area contributed by atoms with Crippen molar-refractivity contribution in [3.05, 3.63) is 35.9 Å². The van der Waals surface area contributed by atoms with Crippen molar-refractivity contribution in [2.45, 2.75) is 31.7 Å². The third kappa shape index (κ3) is 6.18. The van der Waals surface area contributed by atoms with Gasteiger partial charge in [-0.05, 0) is 37.8 Å². The highest BCUT2D eigenvalue weighted by Gasteiger charge is 2.20. The van der Waals surface area contributed by atoms with E-state index in [1.807, 2.05) is 30.3 Å². The van der Waals surface area contributed by atoms with E-state index in [-0.39, 0.29) is 5.75 Å². The summed E-state index contributed by atoms with van der Waals surface area (Å²) in [7, 11) is -3.12. The summed E-state index contributed by atoms with van der Waals surface area (Å²) in [6.07, 6.45) is 3.89. The quantitative estimate of drug-likeness (QED) is 0.671. The molecule has 0 aromatic heterocycles. The maximum absolute atomic E-state index is 11.7. The van der Waals surface area contributed by atoms with Gasteiger partial charge in [0, 0.05) is 12.6 Å². The van der Waals surface area contributed by atoms with Crippen LogP contribution in [-0.4, -0.2) is 33.3 Å². The van der Waals surface area contributed by atoms with E-state index in [1.165, 1.54) is 12.8 Å². The van der Waals surface area contributed by atoms with Crippen LogP contribution in [0.4, 0.5) is 0 Å². The highest BCUT2D eigenvalue weighted by atomic mass is 32.2. The zero-order chi connectivity index (χ0) is 13.6. The topological polar surface area (TPSA) is 58.2 Å². The van der Waals surface area contributed by atoms with Crippen LogP contribution in [0.15, 0.2) is 30.3 Å². The van der Waals surface area contributed by atoms with Crippen LogP contribution in [-0.2, 0) is 16.4 Å². The number of benzene rings is 1. The van der Waals surface area contributed by atoms with Gasteiger partial charge in [-0.25, -0.2) is 13.1 Å². The molecule has 0 bridgehead atoms. The average Bonchev–Trinajstić information content (AvgIpc) is 3.20. The number of rotatable bonds is 9. The fourth-order valence-electron chi connectivity index (χ4n) is 1.92. The van der Waals surface area contributed by atoms with Crippen LogP contribution in [0.1, 0.15) is 24.8 Å². The second kappa shape index (κ2) is 7.03. The number of nitrogens with one attached hydrogen (secondary N) is 2. The Morgan fingerprint density at radius 1 is 1.11 bits per heavy atom. The smallest absolute Gasteiger partial charge is 0.211 e. The lowest BCUT2D eigenvalue weighted by atomic mass is 10.2. The number of sulfonamides is 1. The van der Waals surface area contributed by atoms with E-state index in [0.717, 1.165) is 18.5 Å². The van der Waals surface area contributed by atoms with Crippen molar-refractivity contribution in [3.8, 4) is 0 Å². The van der Waals surface area contributed by atoms with E-state index in [1.54, 1.807) is 0 Å². The molecule has 1 aromatic carbocycles. The molecular formula is C14H22N2O2S. The standard InChI is InChI=1S/C14H22N2O2S/c17-19(18,12-4-10-15-14-7-8-14)16-11-9-13-5-2-1-3-6-13/h1-3,5-6,14-16H,4,7-12H2. The Morgan fingerprint density at radius 2 is 1.84 bits per heavy atom. The predicted molar refractivity (Wildman–Crippen MR) is 77.6 cm³/mol. The molecular weight excluding hydrogens is 260 g/mol. The number of hydrogen-bond acceptors (Lipinski definition) is 3. The first kappa shape index (κ1) is 14.5. The first-order valence-electron chi connectivity index (χ1n) is 6.90. The first-order valence-corrected chi connectivity index (χ1v) is 8.55. The van der Waals surface area contributed by atoms with Crippen molar-refractivity contribution in [3.63, 3.8) is 0 Å². The Morgan fingerprint density at radius 3 is 2.53 bits per heavy atom. The molecule has 1 fully saturated rings. The lowest BCUT2D eigenvalue weighted by Gasteiger charge is -2.07. The van der Waals surface area contributed by atoms with Crippen molar-refractivity contribution in [1.82, 2.24) is 10.0 Å². The molecule has 4 nitrogen and oxygen atoms in total. The van der Waals surface area contributed by atoms with Gasteiger partial charge in [0.2, 0.25) is 10.0 Å². The highest BCUT2D eigenvalue weighted by Crippen LogP contribution is 2.18. The van der Waals surface area contributed by atoms with Crippen molar-refractivity contribution < 1.29 is 8.42 Å². The molecule has 0 aliphatic heterocycles. The first-order chi connectivity index (χ1) is 9.16. The summed E-state index contributed by atoms with van der Waals surface area (Å²) in [5.74, 6) is 0.210. The summed E-state index contributed by atoms with van der Waals surface area (Å²) < 4.78 is 26.1. The second-order valence-electron chi connectivity index (χ2n) is 5.03.